The van der Waals surface area contributed by atoms with Gasteiger partial charge in [0.1, 0.15) is 11.3 Å². The molecule has 0 aliphatic heterocycles. The smallest absolute Gasteiger partial charge is 0.262 e. The third-order valence-electron chi connectivity index (χ3n) is 5.71. The molecule has 0 radical (unpaired) electrons. The molecular formula is C23H23N5O2S. The molecule has 5 rings (SSSR count). The molecule has 3 heterocycles. The largest absolute Gasteiger partial charge is 0.461 e. The van der Waals surface area contributed by atoms with Crippen LogP contribution < -0.4 is 5.56 Å². The van der Waals surface area contributed by atoms with Crippen LogP contribution in [0.5, 0.6) is 0 Å². The Balaban J connectivity index is 1.55. The van der Waals surface area contributed by atoms with Crippen molar-refractivity contribution < 1.29 is 4.42 Å². The van der Waals surface area contributed by atoms with E-state index < -0.39 is 0 Å². The Kier molecular flexibility index (Phi) is 4.75. The summed E-state index contributed by atoms with van der Waals surface area (Å²) in [6, 6.07) is 15.6. The fraction of sp³-hybridized carbons (Fsp3) is 0.261. The number of aromatic nitrogens is 4. The zero-order chi connectivity index (χ0) is 21.7. The number of nitrogens with zero attached hydrogens (tertiary/aromatic N) is 5. The Morgan fingerprint density at radius 3 is 2.58 bits per heavy atom. The molecule has 0 saturated heterocycles. The lowest BCUT2D eigenvalue weighted by Gasteiger charge is -2.16. The lowest BCUT2D eigenvalue weighted by molar-refractivity contribution is 0.243. The highest BCUT2D eigenvalue weighted by atomic mass is 32.1. The normalized spacial score (nSPS) is 12.0. The van der Waals surface area contributed by atoms with Gasteiger partial charge in [-0.15, -0.1) is 5.10 Å². The van der Waals surface area contributed by atoms with Crippen LogP contribution in [0.25, 0.3) is 27.6 Å². The molecule has 0 bridgehead atoms. The average molecular weight is 434 g/mol. The van der Waals surface area contributed by atoms with Gasteiger partial charge in [-0.1, -0.05) is 37.3 Å². The Morgan fingerprint density at radius 1 is 1.10 bits per heavy atom. The van der Waals surface area contributed by atoms with Gasteiger partial charge in [-0.05, 0) is 37.5 Å². The first-order valence-corrected chi connectivity index (χ1v) is 10.7. The molecule has 0 unspecified atom stereocenters. The van der Waals surface area contributed by atoms with Gasteiger partial charge in [0.15, 0.2) is 0 Å². The summed E-state index contributed by atoms with van der Waals surface area (Å²) in [6.07, 6.45) is 0.833. The van der Waals surface area contributed by atoms with Crippen molar-refractivity contribution in [1.82, 2.24) is 23.6 Å². The predicted molar refractivity (Wildman–Crippen MR) is 124 cm³/mol. The summed E-state index contributed by atoms with van der Waals surface area (Å²) in [7, 11) is 3.76. The standard InChI is InChI=1S/C23H23N5O2S/c1-4-19-17(15-9-6-8-12-20(15)30-19)13-25(2)14-27-23(31)28-18-11-7-5-10-16(18)21(29)26(3)22(28)24-27/h5-12H,4,13-14H2,1-3H3. The molecule has 158 valence electrons. The van der Waals surface area contributed by atoms with Gasteiger partial charge in [-0.3, -0.25) is 18.7 Å². The Bertz CT molecular complexity index is 1560. The summed E-state index contributed by atoms with van der Waals surface area (Å²) in [5, 5.41) is 6.43. The average Bonchev–Trinajstić information content (AvgIpc) is 3.30. The molecule has 8 heteroatoms. The van der Waals surface area contributed by atoms with E-state index in [9.17, 15) is 4.79 Å². The number of benzene rings is 2. The zero-order valence-electron chi connectivity index (χ0n) is 17.7. The molecule has 2 aromatic carbocycles. The second-order valence-electron chi connectivity index (χ2n) is 7.81. The summed E-state index contributed by atoms with van der Waals surface area (Å²) in [5.74, 6) is 1.53. The molecule has 7 nitrogen and oxygen atoms in total. The highest BCUT2D eigenvalue weighted by Gasteiger charge is 2.17. The molecule has 0 atom stereocenters. The van der Waals surface area contributed by atoms with Gasteiger partial charge in [0, 0.05) is 31.0 Å². The SMILES string of the molecule is CCc1oc2ccccc2c1CN(C)Cn1nc2n(C)c(=O)c3ccccc3n2c1=S. The van der Waals surface area contributed by atoms with Gasteiger partial charge in [0.2, 0.25) is 10.5 Å². The van der Waals surface area contributed by atoms with E-state index in [1.807, 2.05) is 53.9 Å². The first kappa shape index (κ1) is 19.7. The van der Waals surface area contributed by atoms with Crippen LogP contribution >= 0.6 is 12.2 Å². The van der Waals surface area contributed by atoms with Gasteiger partial charge in [0.05, 0.1) is 17.6 Å². The van der Waals surface area contributed by atoms with Crippen molar-refractivity contribution in [3.05, 3.63) is 75.0 Å². The highest BCUT2D eigenvalue weighted by molar-refractivity contribution is 7.71. The molecule has 5 aromatic rings. The molecule has 0 aliphatic carbocycles. The number of fused-ring (bicyclic) bond motifs is 4. The fourth-order valence-corrected chi connectivity index (χ4v) is 4.47. The maximum absolute atomic E-state index is 12.7. The molecule has 0 aliphatic rings. The van der Waals surface area contributed by atoms with Gasteiger partial charge in [-0.25, -0.2) is 4.68 Å². The molecule has 0 amide bonds. The fourth-order valence-electron chi connectivity index (χ4n) is 4.19. The van der Waals surface area contributed by atoms with E-state index in [1.54, 1.807) is 16.3 Å². The van der Waals surface area contributed by atoms with Gasteiger partial charge in [0.25, 0.3) is 5.56 Å². The van der Waals surface area contributed by atoms with E-state index in [1.165, 1.54) is 5.56 Å². The van der Waals surface area contributed by atoms with E-state index in [0.29, 0.717) is 29.1 Å². The summed E-state index contributed by atoms with van der Waals surface area (Å²) in [5.41, 5.74) is 2.79. The predicted octanol–water partition coefficient (Wildman–Crippen LogP) is 4.12. The van der Waals surface area contributed by atoms with Crippen LogP contribution in [0.4, 0.5) is 0 Å². The van der Waals surface area contributed by atoms with Gasteiger partial charge in [-0.2, -0.15) is 0 Å². The summed E-state index contributed by atoms with van der Waals surface area (Å²) in [6.45, 7) is 3.30. The molecule has 0 N–H and O–H groups in total. The number of hydrogen-bond donors (Lipinski definition) is 0. The second kappa shape index (κ2) is 7.47. The minimum absolute atomic E-state index is 0.0824. The summed E-state index contributed by atoms with van der Waals surface area (Å²) < 4.78 is 11.8. The number of aryl methyl sites for hydroxylation is 2. The molecule has 0 spiro atoms. The quantitative estimate of drug-likeness (QED) is 0.390. The third-order valence-corrected chi connectivity index (χ3v) is 6.10. The van der Waals surface area contributed by atoms with E-state index in [-0.39, 0.29) is 5.56 Å². The monoisotopic (exact) mass is 433 g/mol. The third kappa shape index (κ3) is 3.10. The van der Waals surface area contributed by atoms with Crippen LogP contribution in [0.2, 0.25) is 0 Å². The molecule has 3 aromatic heterocycles. The van der Waals surface area contributed by atoms with Crippen LogP contribution in [0.3, 0.4) is 0 Å². The molecule has 0 fully saturated rings. The highest BCUT2D eigenvalue weighted by Crippen LogP contribution is 2.27. The first-order chi connectivity index (χ1) is 15.0. The van der Waals surface area contributed by atoms with Crippen LogP contribution in [0, 0.1) is 4.77 Å². The van der Waals surface area contributed by atoms with E-state index in [4.69, 9.17) is 16.6 Å². The maximum atomic E-state index is 12.7. The van der Waals surface area contributed by atoms with Crippen molar-refractivity contribution in [2.45, 2.75) is 26.6 Å². The zero-order valence-corrected chi connectivity index (χ0v) is 18.5. The second-order valence-corrected chi connectivity index (χ2v) is 8.17. The number of furan rings is 1. The Morgan fingerprint density at radius 2 is 1.81 bits per heavy atom. The Labute approximate surface area is 183 Å². The van der Waals surface area contributed by atoms with Crippen molar-refractivity contribution in [1.29, 1.82) is 0 Å². The first-order valence-electron chi connectivity index (χ1n) is 10.2. The van der Waals surface area contributed by atoms with Crippen molar-refractivity contribution in [3.8, 4) is 0 Å². The van der Waals surface area contributed by atoms with Crippen molar-refractivity contribution >= 4 is 39.9 Å². The lowest BCUT2D eigenvalue weighted by Crippen LogP contribution is -2.23. The van der Waals surface area contributed by atoms with Crippen LogP contribution in [0.15, 0.2) is 57.7 Å². The van der Waals surface area contributed by atoms with Crippen molar-refractivity contribution in [2.75, 3.05) is 7.05 Å². The number of rotatable bonds is 5. The number of para-hydroxylation sites is 2. The molecule has 0 saturated carbocycles. The van der Waals surface area contributed by atoms with Crippen LogP contribution in [-0.2, 0) is 26.7 Å². The summed E-state index contributed by atoms with van der Waals surface area (Å²) >= 11 is 5.75. The molecule has 31 heavy (non-hydrogen) atoms. The van der Waals surface area contributed by atoms with E-state index in [0.717, 1.165) is 28.7 Å². The lowest BCUT2D eigenvalue weighted by atomic mass is 10.1. The summed E-state index contributed by atoms with van der Waals surface area (Å²) in [4.78, 5) is 14.9. The van der Waals surface area contributed by atoms with Crippen LogP contribution in [-0.4, -0.2) is 30.7 Å². The van der Waals surface area contributed by atoms with Gasteiger partial charge < -0.3 is 4.42 Å². The van der Waals surface area contributed by atoms with Crippen molar-refractivity contribution in [3.63, 3.8) is 0 Å². The number of hydrogen-bond acceptors (Lipinski definition) is 5. The van der Waals surface area contributed by atoms with E-state index in [2.05, 4.69) is 23.0 Å². The van der Waals surface area contributed by atoms with E-state index >= 15 is 0 Å². The Hall–Kier alpha value is -3.23. The maximum Gasteiger partial charge on any atom is 0.262 e. The van der Waals surface area contributed by atoms with Crippen LogP contribution in [0.1, 0.15) is 18.2 Å². The van der Waals surface area contributed by atoms with Crippen molar-refractivity contribution in [2.24, 2.45) is 7.05 Å². The topological polar surface area (TPSA) is 60.6 Å². The minimum Gasteiger partial charge on any atom is -0.461 e. The minimum atomic E-state index is -0.0824. The van der Waals surface area contributed by atoms with Gasteiger partial charge >= 0.3 is 0 Å². The molecular weight excluding hydrogens is 410 g/mol.